The van der Waals surface area contributed by atoms with E-state index in [0.29, 0.717) is 12.2 Å². The first-order valence-corrected chi connectivity index (χ1v) is 6.21. The summed E-state index contributed by atoms with van der Waals surface area (Å²) in [5.41, 5.74) is 1.02. The zero-order chi connectivity index (χ0) is 11.7. The Labute approximate surface area is 101 Å². The van der Waals surface area contributed by atoms with Crippen molar-refractivity contribution in [1.29, 1.82) is 0 Å². The van der Waals surface area contributed by atoms with Gasteiger partial charge in [0.1, 0.15) is 0 Å². The second-order valence-corrected chi connectivity index (χ2v) is 4.86. The third-order valence-corrected chi connectivity index (χ3v) is 3.75. The Hall–Kier alpha value is -1.26. The summed E-state index contributed by atoms with van der Waals surface area (Å²) < 4.78 is 0. The molecule has 1 aromatic heterocycles. The maximum atomic E-state index is 12.3. The molecule has 4 nitrogen and oxygen atoms in total. The average Bonchev–Trinajstić information content (AvgIpc) is 2.41. The summed E-state index contributed by atoms with van der Waals surface area (Å²) >= 11 is 0. The second-order valence-electron chi connectivity index (χ2n) is 4.86. The summed E-state index contributed by atoms with van der Waals surface area (Å²) in [5, 5.41) is 0. The molecule has 3 fully saturated rings. The van der Waals surface area contributed by atoms with E-state index in [1.807, 2.05) is 12.1 Å². The summed E-state index contributed by atoms with van der Waals surface area (Å²) in [4.78, 5) is 21.0. The molecule has 1 aromatic rings. The number of Topliss-reactive ketones (excluding diaryl/α,β-unsaturated/α-hetero) is 1. The van der Waals surface area contributed by atoms with E-state index in [0.717, 1.165) is 38.3 Å². The van der Waals surface area contributed by atoms with Crippen LogP contribution in [0.4, 0.5) is 0 Å². The van der Waals surface area contributed by atoms with Crippen LogP contribution in [0.3, 0.4) is 0 Å². The predicted octanol–water partition coefficient (Wildman–Crippen LogP) is 0.193. The van der Waals surface area contributed by atoms with Gasteiger partial charge in [0.2, 0.25) is 0 Å². The number of rotatable bonds is 3. The van der Waals surface area contributed by atoms with Crippen LogP contribution in [-0.4, -0.2) is 59.3 Å². The van der Waals surface area contributed by atoms with E-state index in [1.54, 1.807) is 12.4 Å². The molecular weight excluding hydrogens is 214 g/mol. The molecule has 0 N–H and O–H groups in total. The van der Waals surface area contributed by atoms with Crippen LogP contribution in [0.5, 0.6) is 0 Å². The summed E-state index contributed by atoms with van der Waals surface area (Å²) in [7, 11) is 0. The van der Waals surface area contributed by atoms with Crippen LogP contribution in [0.2, 0.25) is 0 Å². The first-order valence-electron chi connectivity index (χ1n) is 6.21. The topological polar surface area (TPSA) is 36.4 Å². The van der Waals surface area contributed by atoms with Gasteiger partial charge < -0.3 is 0 Å². The lowest BCUT2D eigenvalue weighted by molar-refractivity contribution is -0.128. The molecule has 3 aliphatic heterocycles. The van der Waals surface area contributed by atoms with Gasteiger partial charge in [0.25, 0.3) is 0 Å². The quantitative estimate of drug-likeness (QED) is 0.744. The van der Waals surface area contributed by atoms with Crippen molar-refractivity contribution in [2.24, 2.45) is 0 Å². The Balaban J connectivity index is 1.67. The van der Waals surface area contributed by atoms with Gasteiger partial charge >= 0.3 is 0 Å². The van der Waals surface area contributed by atoms with Crippen LogP contribution in [0.1, 0.15) is 5.56 Å². The summed E-state index contributed by atoms with van der Waals surface area (Å²) in [6, 6.07) is 3.97. The predicted molar refractivity (Wildman–Crippen MR) is 64.7 cm³/mol. The number of hydrogen-bond donors (Lipinski definition) is 0. The van der Waals surface area contributed by atoms with Crippen LogP contribution in [0.15, 0.2) is 24.5 Å². The van der Waals surface area contributed by atoms with Gasteiger partial charge in [0.05, 0.1) is 6.04 Å². The molecule has 0 spiro atoms. The molecule has 4 rings (SSSR count). The standard InChI is InChI=1S/C13H17N3O/c17-13(8-11-2-1-3-14-9-11)12-10-15-4-6-16(12)7-5-15/h1-3,9,12H,4-8,10H2. The molecule has 4 heterocycles. The molecule has 1 atom stereocenters. The number of piperazine rings is 3. The van der Waals surface area contributed by atoms with Gasteiger partial charge in [-0.25, -0.2) is 0 Å². The fraction of sp³-hybridized carbons (Fsp3) is 0.538. The van der Waals surface area contributed by atoms with Gasteiger partial charge in [-0.2, -0.15) is 0 Å². The molecule has 1 unspecified atom stereocenters. The van der Waals surface area contributed by atoms with E-state index in [1.165, 1.54) is 0 Å². The van der Waals surface area contributed by atoms with Crippen molar-refractivity contribution in [3.8, 4) is 0 Å². The van der Waals surface area contributed by atoms with Crippen molar-refractivity contribution in [3.05, 3.63) is 30.1 Å². The molecule has 17 heavy (non-hydrogen) atoms. The van der Waals surface area contributed by atoms with Crippen LogP contribution >= 0.6 is 0 Å². The van der Waals surface area contributed by atoms with Gasteiger partial charge in [-0.15, -0.1) is 0 Å². The first-order chi connectivity index (χ1) is 8.33. The highest BCUT2D eigenvalue weighted by molar-refractivity contribution is 5.86. The zero-order valence-electron chi connectivity index (χ0n) is 9.88. The molecule has 2 bridgehead atoms. The minimum Gasteiger partial charge on any atom is -0.299 e. The molecule has 0 saturated carbocycles. The number of nitrogens with zero attached hydrogens (tertiary/aromatic N) is 3. The third-order valence-electron chi connectivity index (χ3n) is 3.75. The minimum atomic E-state index is 0.109. The van der Waals surface area contributed by atoms with Crippen molar-refractivity contribution >= 4 is 5.78 Å². The molecule has 0 aromatic carbocycles. The van der Waals surface area contributed by atoms with Crippen molar-refractivity contribution in [2.45, 2.75) is 12.5 Å². The Morgan fingerprint density at radius 2 is 2.18 bits per heavy atom. The van der Waals surface area contributed by atoms with Gasteiger partial charge in [-0.1, -0.05) is 6.07 Å². The van der Waals surface area contributed by atoms with Crippen LogP contribution in [0.25, 0.3) is 0 Å². The molecule has 0 aliphatic carbocycles. The fourth-order valence-corrected chi connectivity index (χ4v) is 2.74. The Bertz CT molecular complexity index is 398. The van der Waals surface area contributed by atoms with Crippen molar-refractivity contribution < 1.29 is 4.79 Å². The van der Waals surface area contributed by atoms with Gasteiger partial charge in [0.15, 0.2) is 5.78 Å². The number of carbonyl (C=O) groups excluding carboxylic acids is 1. The lowest BCUT2D eigenvalue weighted by atomic mass is 9.99. The highest BCUT2D eigenvalue weighted by Gasteiger charge is 2.35. The van der Waals surface area contributed by atoms with Crippen LogP contribution in [-0.2, 0) is 11.2 Å². The van der Waals surface area contributed by atoms with Crippen LogP contribution in [0, 0.1) is 0 Å². The third kappa shape index (κ3) is 2.23. The van der Waals surface area contributed by atoms with Gasteiger partial charge in [-0.3, -0.25) is 19.6 Å². The number of aromatic nitrogens is 1. The maximum Gasteiger partial charge on any atom is 0.155 e. The van der Waals surface area contributed by atoms with E-state index in [2.05, 4.69) is 14.8 Å². The lowest BCUT2D eigenvalue weighted by Crippen LogP contribution is -2.63. The average molecular weight is 231 g/mol. The zero-order valence-corrected chi connectivity index (χ0v) is 9.88. The summed E-state index contributed by atoms with van der Waals surface area (Å²) in [5.74, 6) is 0.336. The minimum absolute atomic E-state index is 0.109. The maximum absolute atomic E-state index is 12.3. The summed E-state index contributed by atoms with van der Waals surface area (Å²) in [6.45, 7) is 5.25. The highest BCUT2D eigenvalue weighted by Crippen LogP contribution is 2.17. The van der Waals surface area contributed by atoms with E-state index < -0.39 is 0 Å². The summed E-state index contributed by atoms with van der Waals surface area (Å²) in [6.07, 6.45) is 4.04. The number of carbonyl (C=O) groups is 1. The Kier molecular flexibility index (Phi) is 2.91. The van der Waals surface area contributed by atoms with E-state index in [-0.39, 0.29) is 6.04 Å². The fourth-order valence-electron chi connectivity index (χ4n) is 2.74. The Morgan fingerprint density at radius 1 is 1.35 bits per heavy atom. The molecule has 3 saturated heterocycles. The molecule has 90 valence electrons. The highest BCUT2D eigenvalue weighted by atomic mass is 16.1. The Morgan fingerprint density at radius 3 is 2.76 bits per heavy atom. The molecule has 3 aliphatic rings. The smallest absolute Gasteiger partial charge is 0.155 e. The normalized spacial score (nSPS) is 31.4. The van der Waals surface area contributed by atoms with Gasteiger partial charge in [-0.05, 0) is 11.6 Å². The van der Waals surface area contributed by atoms with Crippen molar-refractivity contribution in [1.82, 2.24) is 14.8 Å². The van der Waals surface area contributed by atoms with Crippen molar-refractivity contribution in [3.63, 3.8) is 0 Å². The van der Waals surface area contributed by atoms with E-state index in [4.69, 9.17) is 0 Å². The first kappa shape index (κ1) is 10.9. The molecule has 0 amide bonds. The lowest BCUT2D eigenvalue weighted by Gasteiger charge is -2.46. The van der Waals surface area contributed by atoms with Gasteiger partial charge in [0, 0.05) is 51.5 Å². The molecular formula is C13H17N3O. The second kappa shape index (κ2) is 4.55. The van der Waals surface area contributed by atoms with E-state index >= 15 is 0 Å². The van der Waals surface area contributed by atoms with E-state index in [9.17, 15) is 4.79 Å². The monoisotopic (exact) mass is 231 g/mol. The molecule has 4 heteroatoms. The molecule has 0 radical (unpaired) electrons. The number of fused-ring (bicyclic) bond motifs is 3. The largest absolute Gasteiger partial charge is 0.299 e. The SMILES string of the molecule is O=C(Cc1cccnc1)C1CN2CCN1CC2. The number of hydrogen-bond acceptors (Lipinski definition) is 4. The van der Waals surface area contributed by atoms with Crippen LogP contribution < -0.4 is 0 Å². The van der Waals surface area contributed by atoms with Crippen molar-refractivity contribution in [2.75, 3.05) is 32.7 Å². The number of pyridine rings is 1. The number of ketones is 1.